The van der Waals surface area contributed by atoms with Gasteiger partial charge in [0.05, 0.1) is 49.9 Å². The summed E-state index contributed by atoms with van der Waals surface area (Å²) in [5.41, 5.74) is 9.19. The first kappa shape index (κ1) is 42.1. The summed E-state index contributed by atoms with van der Waals surface area (Å²) >= 11 is 0. The molecule has 0 radical (unpaired) electrons. The highest BCUT2D eigenvalue weighted by atomic mass is 31.2. The molecule has 1 aliphatic rings. The SMILES string of the molecule is CCCCCCCCCCCCCCCCCCOCC(COP(O)OCC1CCC(c2ccc3c(N)ncnn23)O1)OCc1ccc(C#N)cc1. The Balaban J connectivity index is 1.07. The second kappa shape index (κ2) is 25.4. The predicted molar refractivity (Wildman–Crippen MR) is 205 cm³/mol. The van der Waals surface area contributed by atoms with Crippen molar-refractivity contribution in [3.8, 4) is 6.07 Å². The number of nitrogens with two attached hydrogens (primary N) is 1. The number of ether oxygens (including phenoxy) is 3. The fraction of sp³-hybridized carbons (Fsp3) is 0.675. The van der Waals surface area contributed by atoms with Crippen molar-refractivity contribution in [1.29, 1.82) is 5.26 Å². The van der Waals surface area contributed by atoms with Gasteiger partial charge in [-0.15, -0.1) is 0 Å². The molecule has 3 heterocycles. The summed E-state index contributed by atoms with van der Waals surface area (Å²) in [5, 5.41) is 13.4. The van der Waals surface area contributed by atoms with Gasteiger partial charge < -0.3 is 33.9 Å². The number of nitrogen functional groups attached to an aromatic ring is 1. The molecular formula is C40H62N5O6P. The van der Waals surface area contributed by atoms with E-state index in [2.05, 4.69) is 23.1 Å². The molecule has 1 aromatic carbocycles. The number of hydrogen-bond donors (Lipinski definition) is 2. The third kappa shape index (κ3) is 15.7. The minimum Gasteiger partial charge on any atom is -0.382 e. The number of nitriles is 1. The Morgan fingerprint density at radius 2 is 1.54 bits per heavy atom. The number of rotatable bonds is 29. The Hall–Kier alpha value is -2.68. The zero-order valence-electron chi connectivity index (χ0n) is 31.3. The second-order valence-electron chi connectivity index (χ2n) is 14.0. The van der Waals surface area contributed by atoms with Gasteiger partial charge >= 0.3 is 8.60 Å². The third-order valence-corrected chi connectivity index (χ3v) is 10.4. The minimum atomic E-state index is -2.13. The number of fused-ring (bicyclic) bond motifs is 1. The highest BCUT2D eigenvalue weighted by Crippen LogP contribution is 2.38. The molecule has 2 aromatic heterocycles. The molecule has 0 saturated carbocycles. The standard InChI is InChI=1S/C40H62N5O6P/c1-2-3-4-5-6-7-8-9-10-11-12-13-14-15-16-17-26-47-29-36(48-28-34-20-18-33(27-41)19-21-34)31-50-52(46)49-30-35-22-25-39(51-35)37-23-24-38-40(42)43-32-44-45(37)38/h18-21,23-24,32,35-36,39,46H,2-17,22,25-26,28-31H2,1H3,(H2,42,43,44). The fourth-order valence-corrected chi connectivity index (χ4v) is 7.26. The quantitative estimate of drug-likeness (QED) is 0.0521. The lowest BCUT2D eigenvalue weighted by molar-refractivity contribution is -0.0493. The first-order valence-corrected chi connectivity index (χ1v) is 20.9. The zero-order valence-corrected chi connectivity index (χ0v) is 32.2. The molecule has 1 fully saturated rings. The zero-order chi connectivity index (χ0) is 36.6. The van der Waals surface area contributed by atoms with Gasteiger partial charge in [-0.1, -0.05) is 115 Å². The Labute approximate surface area is 312 Å². The van der Waals surface area contributed by atoms with E-state index >= 15 is 0 Å². The molecule has 1 saturated heterocycles. The maximum absolute atomic E-state index is 10.6. The van der Waals surface area contributed by atoms with E-state index in [1.165, 1.54) is 96.2 Å². The molecule has 3 N–H and O–H groups in total. The summed E-state index contributed by atoms with van der Waals surface area (Å²) in [4.78, 5) is 14.6. The number of hydrogen-bond acceptors (Lipinski definition) is 10. The van der Waals surface area contributed by atoms with Crippen LogP contribution in [0.2, 0.25) is 0 Å². The monoisotopic (exact) mass is 739 g/mol. The average Bonchev–Trinajstić information content (AvgIpc) is 3.82. The van der Waals surface area contributed by atoms with Gasteiger partial charge in [-0.25, -0.2) is 9.50 Å². The molecule has 11 nitrogen and oxygen atoms in total. The molecule has 0 amide bonds. The molecule has 0 aliphatic carbocycles. The Kier molecular flexibility index (Phi) is 20.5. The van der Waals surface area contributed by atoms with Gasteiger partial charge in [-0.05, 0) is 49.1 Å². The van der Waals surface area contributed by atoms with Crippen LogP contribution in [-0.2, 0) is 29.9 Å². The predicted octanol–water partition coefficient (Wildman–Crippen LogP) is 9.52. The second-order valence-corrected chi connectivity index (χ2v) is 15.0. The van der Waals surface area contributed by atoms with Crippen LogP contribution in [0.5, 0.6) is 0 Å². The van der Waals surface area contributed by atoms with Crippen LogP contribution in [0.1, 0.15) is 145 Å². The van der Waals surface area contributed by atoms with E-state index in [0.717, 1.165) is 42.5 Å². The first-order valence-electron chi connectivity index (χ1n) is 19.7. The molecule has 3 aromatic rings. The van der Waals surface area contributed by atoms with Gasteiger partial charge in [0.2, 0.25) is 0 Å². The van der Waals surface area contributed by atoms with Gasteiger partial charge in [0, 0.05) is 6.61 Å². The molecule has 4 rings (SSSR count). The summed E-state index contributed by atoms with van der Waals surface area (Å²) in [6.45, 7) is 3.98. The van der Waals surface area contributed by atoms with E-state index in [4.69, 9.17) is 34.3 Å². The summed E-state index contributed by atoms with van der Waals surface area (Å²) in [6.07, 6.45) is 23.7. The Morgan fingerprint density at radius 1 is 0.885 bits per heavy atom. The molecule has 12 heteroatoms. The van der Waals surface area contributed by atoms with E-state index in [1.54, 1.807) is 16.6 Å². The van der Waals surface area contributed by atoms with Gasteiger partial charge in [-0.3, -0.25) is 0 Å². The van der Waals surface area contributed by atoms with Gasteiger partial charge in [-0.2, -0.15) is 10.4 Å². The lowest BCUT2D eigenvalue weighted by atomic mass is 10.0. The maximum atomic E-state index is 10.6. The van der Waals surface area contributed by atoms with Crippen LogP contribution in [0.25, 0.3) is 5.52 Å². The first-order chi connectivity index (χ1) is 25.6. The van der Waals surface area contributed by atoms with Crippen LogP contribution in [0, 0.1) is 11.3 Å². The largest absolute Gasteiger partial charge is 0.382 e. The van der Waals surface area contributed by atoms with Crippen molar-refractivity contribution in [3.05, 3.63) is 59.5 Å². The summed E-state index contributed by atoms with van der Waals surface area (Å²) in [5.74, 6) is 0.423. The molecule has 52 heavy (non-hydrogen) atoms. The number of anilines is 1. The Morgan fingerprint density at radius 3 is 2.19 bits per heavy atom. The fourth-order valence-electron chi connectivity index (χ4n) is 6.59. The van der Waals surface area contributed by atoms with Crippen molar-refractivity contribution in [3.63, 3.8) is 0 Å². The van der Waals surface area contributed by atoms with E-state index in [1.807, 2.05) is 24.3 Å². The van der Waals surface area contributed by atoms with Crippen LogP contribution in [0.4, 0.5) is 5.82 Å². The summed E-state index contributed by atoms with van der Waals surface area (Å²) in [6, 6.07) is 13.3. The number of benzene rings is 1. The highest BCUT2D eigenvalue weighted by Gasteiger charge is 2.30. The van der Waals surface area contributed by atoms with Crippen molar-refractivity contribution in [1.82, 2.24) is 14.6 Å². The van der Waals surface area contributed by atoms with E-state index < -0.39 is 8.60 Å². The van der Waals surface area contributed by atoms with Crippen LogP contribution < -0.4 is 5.73 Å². The molecular weight excluding hydrogens is 677 g/mol. The van der Waals surface area contributed by atoms with Gasteiger partial charge in [0.1, 0.15) is 24.1 Å². The summed E-state index contributed by atoms with van der Waals surface area (Å²) in [7, 11) is -2.13. The average molecular weight is 740 g/mol. The molecule has 288 valence electrons. The number of nitrogens with zero attached hydrogens (tertiary/aromatic N) is 4. The number of unbranched alkanes of at least 4 members (excludes halogenated alkanes) is 15. The van der Waals surface area contributed by atoms with Crippen LogP contribution in [0.15, 0.2) is 42.7 Å². The molecule has 4 unspecified atom stereocenters. The lowest BCUT2D eigenvalue weighted by Gasteiger charge is -2.20. The smallest absolute Gasteiger partial charge is 0.330 e. The Bertz CT molecular complexity index is 1420. The minimum absolute atomic E-state index is 0.128. The van der Waals surface area contributed by atoms with E-state index in [-0.39, 0.29) is 31.5 Å². The van der Waals surface area contributed by atoms with Crippen molar-refractivity contribution in [2.75, 3.05) is 32.2 Å². The highest BCUT2D eigenvalue weighted by molar-refractivity contribution is 7.40. The summed E-state index contributed by atoms with van der Waals surface area (Å²) < 4.78 is 31.5. The maximum Gasteiger partial charge on any atom is 0.330 e. The van der Waals surface area contributed by atoms with Crippen LogP contribution in [-0.4, -0.2) is 58.1 Å². The molecule has 1 aliphatic heterocycles. The van der Waals surface area contributed by atoms with Crippen molar-refractivity contribution < 1.29 is 28.2 Å². The lowest BCUT2D eigenvalue weighted by Crippen LogP contribution is -2.25. The van der Waals surface area contributed by atoms with Crippen molar-refractivity contribution in [2.24, 2.45) is 0 Å². The van der Waals surface area contributed by atoms with Gasteiger partial charge in [0.25, 0.3) is 0 Å². The van der Waals surface area contributed by atoms with Crippen LogP contribution in [0.3, 0.4) is 0 Å². The number of aromatic nitrogens is 3. The van der Waals surface area contributed by atoms with Crippen LogP contribution >= 0.6 is 8.60 Å². The molecule has 0 spiro atoms. The topological polar surface area (TPSA) is 146 Å². The van der Waals surface area contributed by atoms with E-state index in [0.29, 0.717) is 31.2 Å². The van der Waals surface area contributed by atoms with Crippen molar-refractivity contribution >= 4 is 19.9 Å². The molecule has 4 atom stereocenters. The normalized spacial score (nSPS) is 17.1. The van der Waals surface area contributed by atoms with Crippen molar-refractivity contribution in [2.45, 2.75) is 147 Å². The third-order valence-electron chi connectivity index (χ3n) is 9.70. The van der Waals surface area contributed by atoms with Gasteiger partial charge in [0.15, 0.2) is 5.82 Å². The van der Waals surface area contributed by atoms with E-state index in [9.17, 15) is 4.89 Å². The molecule has 0 bridgehead atoms.